The van der Waals surface area contributed by atoms with Gasteiger partial charge in [-0.05, 0) is 6.08 Å². The van der Waals surface area contributed by atoms with Crippen molar-refractivity contribution in [3.63, 3.8) is 0 Å². The predicted octanol–water partition coefficient (Wildman–Crippen LogP) is 0.754. The van der Waals surface area contributed by atoms with Crippen molar-refractivity contribution >= 4 is 5.91 Å². The van der Waals surface area contributed by atoms with E-state index in [2.05, 4.69) is 18.5 Å². The van der Waals surface area contributed by atoms with Crippen LogP contribution in [0.5, 0.6) is 0 Å². The molecule has 1 fully saturated rings. The number of nitrogens with zero attached hydrogens (tertiary/aromatic N) is 1. The highest BCUT2D eigenvalue weighted by Crippen LogP contribution is 2.04. The summed E-state index contributed by atoms with van der Waals surface area (Å²) in [4.78, 5) is 12.7. The molecule has 1 saturated heterocycles. The highest BCUT2D eigenvalue weighted by molar-refractivity contribution is 5.88. The first-order chi connectivity index (χ1) is 5.25. The molecule has 0 unspecified atom stereocenters. The van der Waals surface area contributed by atoms with Crippen LogP contribution in [0.15, 0.2) is 24.9 Å². The Morgan fingerprint density at radius 1 is 1.67 bits per heavy atom. The lowest BCUT2D eigenvalue weighted by molar-refractivity contribution is -0.124. The fourth-order valence-corrected chi connectivity index (χ4v) is 1.05. The van der Waals surface area contributed by atoms with Crippen LogP contribution in [-0.2, 0) is 4.79 Å². The van der Waals surface area contributed by atoms with E-state index in [-0.39, 0.29) is 13.3 Å². The fraction of sp³-hybridized carbons (Fsp3) is 0.444. The van der Waals surface area contributed by atoms with Gasteiger partial charge in [0, 0.05) is 25.3 Å². The molecule has 3 heteroatoms. The Hall–Kier alpha value is -1.09. The van der Waals surface area contributed by atoms with E-state index in [4.69, 9.17) is 0 Å². The van der Waals surface area contributed by atoms with Crippen molar-refractivity contribution < 1.29 is 4.79 Å². The third-order valence-electron chi connectivity index (χ3n) is 1.66. The summed E-state index contributed by atoms with van der Waals surface area (Å²) >= 11 is 0. The molecule has 0 atom stereocenters. The summed E-state index contributed by atoms with van der Waals surface area (Å²) in [7, 11) is 0. The average molecular weight is 168 g/mol. The highest BCUT2D eigenvalue weighted by atomic mass is 16.2. The van der Waals surface area contributed by atoms with Crippen molar-refractivity contribution in [2.24, 2.45) is 0 Å². The van der Waals surface area contributed by atoms with E-state index in [1.54, 1.807) is 4.90 Å². The molecule has 0 aromatic heterocycles. The minimum absolute atomic E-state index is 0. The van der Waals surface area contributed by atoms with Crippen molar-refractivity contribution in [1.29, 1.82) is 0 Å². The normalized spacial score (nSPS) is 16.7. The minimum Gasteiger partial charge on any atom is -0.311 e. The third kappa shape index (κ3) is 2.20. The monoisotopic (exact) mass is 168 g/mol. The number of hydrogen-bond donors (Lipinski definition) is 1. The molecular formula is C9H16N2O. The van der Waals surface area contributed by atoms with E-state index in [1.807, 2.05) is 0 Å². The van der Waals surface area contributed by atoms with Crippen LogP contribution in [0, 0.1) is 0 Å². The van der Waals surface area contributed by atoms with Crippen LogP contribution >= 0.6 is 0 Å². The molecule has 0 radical (unpaired) electrons. The van der Waals surface area contributed by atoms with Gasteiger partial charge in [-0.1, -0.05) is 20.6 Å². The minimum atomic E-state index is -0.0588. The van der Waals surface area contributed by atoms with Crippen LogP contribution in [0.25, 0.3) is 0 Å². The summed E-state index contributed by atoms with van der Waals surface area (Å²) < 4.78 is 0. The molecule has 1 amide bonds. The molecule has 0 aromatic carbocycles. The summed E-state index contributed by atoms with van der Waals surface area (Å²) in [5.74, 6) is -0.0588. The van der Waals surface area contributed by atoms with Crippen LogP contribution in [-0.4, -0.2) is 30.4 Å². The maximum absolute atomic E-state index is 11.1. The smallest absolute Gasteiger partial charge is 0.250 e. The summed E-state index contributed by atoms with van der Waals surface area (Å²) in [5, 5.41) is 3.12. The average Bonchev–Trinajstić information content (AvgIpc) is 2.04. The lowest BCUT2D eigenvalue weighted by atomic mass is 10.3. The van der Waals surface area contributed by atoms with E-state index in [1.165, 1.54) is 6.08 Å². The number of piperazine rings is 1. The Kier molecular flexibility index (Phi) is 4.29. The van der Waals surface area contributed by atoms with Crippen molar-refractivity contribution in [2.75, 3.05) is 19.6 Å². The molecule has 1 aliphatic heterocycles. The Bertz CT molecular complexity index is 199. The molecule has 0 bridgehead atoms. The first kappa shape index (κ1) is 10.9. The first-order valence-electron chi connectivity index (χ1n) is 3.58. The summed E-state index contributed by atoms with van der Waals surface area (Å²) in [6.45, 7) is 9.40. The zero-order valence-corrected chi connectivity index (χ0v) is 6.47. The molecule has 1 heterocycles. The second-order valence-electron chi connectivity index (χ2n) is 2.44. The molecule has 0 saturated carbocycles. The summed E-state index contributed by atoms with van der Waals surface area (Å²) in [6.07, 6.45) is 1.32. The van der Waals surface area contributed by atoms with Gasteiger partial charge in [-0.2, -0.15) is 0 Å². The van der Waals surface area contributed by atoms with Crippen LogP contribution in [0.1, 0.15) is 7.43 Å². The van der Waals surface area contributed by atoms with Gasteiger partial charge in [0.15, 0.2) is 0 Å². The van der Waals surface area contributed by atoms with E-state index in [0.717, 1.165) is 12.2 Å². The van der Waals surface area contributed by atoms with Crippen molar-refractivity contribution in [1.82, 2.24) is 10.2 Å². The standard InChI is InChI=1S/C8H12N2O.CH4/c1-3-8(11)10-5-4-9-6-7(10)2;/h3,9H,1-2,4-6H2;1H4. The van der Waals surface area contributed by atoms with Crippen LogP contribution in [0.4, 0.5) is 0 Å². The zero-order valence-electron chi connectivity index (χ0n) is 6.47. The number of carbonyl (C=O) groups is 1. The molecule has 3 nitrogen and oxygen atoms in total. The van der Waals surface area contributed by atoms with Gasteiger partial charge < -0.3 is 10.2 Å². The maximum Gasteiger partial charge on any atom is 0.250 e. The molecule has 0 aromatic rings. The van der Waals surface area contributed by atoms with E-state index in [0.29, 0.717) is 13.1 Å². The van der Waals surface area contributed by atoms with E-state index >= 15 is 0 Å². The van der Waals surface area contributed by atoms with Gasteiger partial charge >= 0.3 is 0 Å². The Labute approximate surface area is 73.8 Å². The van der Waals surface area contributed by atoms with Crippen molar-refractivity contribution in [3.05, 3.63) is 24.9 Å². The van der Waals surface area contributed by atoms with Gasteiger partial charge in [0.2, 0.25) is 5.91 Å². The third-order valence-corrected chi connectivity index (χ3v) is 1.66. The first-order valence-corrected chi connectivity index (χ1v) is 3.58. The lowest BCUT2D eigenvalue weighted by Crippen LogP contribution is -2.43. The number of hydrogen-bond acceptors (Lipinski definition) is 2. The number of carbonyl (C=O) groups excluding carboxylic acids is 1. The van der Waals surface area contributed by atoms with Gasteiger partial charge in [0.1, 0.15) is 0 Å². The van der Waals surface area contributed by atoms with E-state index in [9.17, 15) is 4.79 Å². The van der Waals surface area contributed by atoms with Gasteiger partial charge in [0.05, 0.1) is 0 Å². The Morgan fingerprint density at radius 3 is 2.83 bits per heavy atom. The second kappa shape index (κ2) is 4.72. The molecular weight excluding hydrogens is 152 g/mol. The SMILES string of the molecule is C.C=CC(=O)N1CCNCC1=C. The van der Waals surface area contributed by atoms with Crippen molar-refractivity contribution in [2.45, 2.75) is 7.43 Å². The van der Waals surface area contributed by atoms with Crippen LogP contribution < -0.4 is 5.32 Å². The number of rotatable bonds is 1. The summed E-state index contributed by atoms with van der Waals surface area (Å²) in [5.41, 5.74) is 0.821. The summed E-state index contributed by atoms with van der Waals surface area (Å²) in [6, 6.07) is 0. The predicted molar refractivity (Wildman–Crippen MR) is 50.7 cm³/mol. The second-order valence-corrected chi connectivity index (χ2v) is 2.44. The molecule has 1 aliphatic rings. The van der Waals surface area contributed by atoms with Crippen molar-refractivity contribution in [3.8, 4) is 0 Å². The lowest BCUT2D eigenvalue weighted by Gasteiger charge is -2.28. The zero-order chi connectivity index (χ0) is 8.27. The highest BCUT2D eigenvalue weighted by Gasteiger charge is 2.16. The maximum atomic E-state index is 11.1. The number of amides is 1. The quantitative estimate of drug-likeness (QED) is 0.586. The van der Waals surface area contributed by atoms with Gasteiger partial charge in [-0.3, -0.25) is 4.79 Å². The van der Waals surface area contributed by atoms with Gasteiger partial charge in [-0.15, -0.1) is 0 Å². The molecule has 1 rings (SSSR count). The van der Waals surface area contributed by atoms with Gasteiger partial charge in [0.25, 0.3) is 0 Å². The Morgan fingerprint density at radius 2 is 2.33 bits per heavy atom. The largest absolute Gasteiger partial charge is 0.311 e. The molecule has 0 spiro atoms. The van der Waals surface area contributed by atoms with E-state index < -0.39 is 0 Å². The number of nitrogens with one attached hydrogen (secondary N) is 1. The molecule has 0 aliphatic carbocycles. The van der Waals surface area contributed by atoms with Crippen LogP contribution in [0.2, 0.25) is 0 Å². The molecule has 12 heavy (non-hydrogen) atoms. The fourth-order valence-electron chi connectivity index (χ4n) is 1.05. The molecule has 68 valence electrons. The van der Waals surface area contributed by atoms with Crippen LogP contribution in [0.3, 0.4) is 0 Å². The van der Waals surface area contributed by atoms with Gasteiger partial charge in [-0.25, -0.2) is 0 Å². The Balaban J connectivity index is 0.00000121. The topological polar surface area (TPSA) is 32.3 Å². The molecule has 1 N–H and O–H groups in total.